The standard InChI is InChI=1S/C20H21Cl2NO4/c1-13(15-6-4-3-5-7-15)11-23-19(24)12-26-20(25)14(2)27-18-9-8-16(21)10-17(18)22/h3-10,13-14H,11-12H2,1-2H3,(H,23,24)/t13-,14+/m0/s1. The molecule has 0 spiro atoms. The molecule has 0 aromatic heterocycles. The van der Waals surface area contributed by atoms with Gasteiger partial charge in [0.25, 0.3) is 5.91 Å². The Morgan fingerprint density at radius 2 is 1.78 bits per heavy atom. The Bertz CT molecular complexity index is 783. The van der Waals surface area contributed by atoms with Gasteiger partial charge in [0.2, 0.25) is 0 Å². The monoisotopic (exact) mass is 409 g/mol. The lowest BCUT2D eigenvalue weighted by molar-refractivity contribution is -0.154. The maximum atomic E-state index is 12.0. The first kappa shape index (κ1) is 21.1. The SMILES string of the molecule is C[C@@H](Oc1ccc(Cl)cc1Cl)C(=O)OCC(=O)NC[C@H](C)c1ccccc1. The van der Waals surface area contributed by atoms with Crippen molar-refractivity contribution in [3.05, 3.63) is 64.1 Å². The molecule has 1 N–H and O–H groups in total. The number of carbonyl (C=O) groups is 2. The van der Waals surface area contributed by atoms with Gasteiger partial charge in [-0.05, 0) is 36.6 Å². The zero-order chi connectivity index (χ0) is 19.8. The molecule has 0 saturated heterocycles. The van der Waals surface area contributed by atoms with Crippen LogP contribution in [0.4, 0.5) is 0 Å². The summed E-state index contributed by atoms with van der Waals surface area (Å²) in [5, 5.41) is 3.50. The van der Waals surface area contributed by atoms with Crippen molar-refractivity contribution in [1.29, 1.82) is 0 Å². The number of esters is 1. The predicted molar refractivity (Wildman–Crippen MR) is 105 cm³/mol. The van der Waals surface area contributed by atoms with Crippen LogP contribution in [0, 0.1) is 0 Å². The van der Waals surface area contributed by atoms with E-state index in [1.807, 2.05) is 37.3 Å². The van der Waals surface area contributed by atoms with Crippen LogP contribution in [0.1, 0.15) is 25.3 Å². The van der Waals surface area contributed by atoms with Crippen LogP contribution in [0.2, 0.25) is 10.0 Å². The lowest BCUT2D eigenvalue weighted by Crippen LogP contribution is -2.34. The molecule has 144 valence electrons. The van der Waals surface area contributed by atoms with E-state index in [0.717, 1.165) is 5.56 Å². The van der Waals surface area contributed by atoms with E-state index in [-0.39, 0.29) is 23.5 Å². The number of hydrogen-bond donors (Lipinski definition) is 1. The number of benzene rings is 2. The van der Waals surface area contributed by atoms with Gasteiger partial charge in [-0.3, -0.25) is 4.79 Å². The summed E-state index contributed by atoms with van der Waals surface area (Å²) in [5.74, 6) is -0.568. The second kappa shape index (κ2) is 10.2. The molecule has 0 aliphatic heterocycles. The number of amides is 1. The second-order valence-corrected chi connectivity index (χ2v) is 6.90. The van der Waals surface area contributed by atoms with Gasteiger partial charge in [0, 0.05) is 11.6 Å². The fraction of sp³-hybridized carbons (Fsp3) is 0.300. The fourth-order valence-corrected chi connectivity index (χ4v) is 2.73. The minimum atomic E-state index is -0.917. The highest BCUT2D eigenvalue weighted by molar-refractivity contribution is 6.35. The Morgan fingerprint density at radius 1 is 1.07 bits per heavy atom. The van der Waals surface area contributed by atoms with Crippen LogP contribution in [-0.2, 0) is 14.3 Å². The van der Waals surface area contributed by atoms with Crippen molar-refractivity contribution in [3.63, 3.8) is 0 Å². The van der Waals surface area contributed by atoms with E-state index in [2.05, 4.69) is 5.32 Å². The smallest absolute Gasteiger partial charge is 0.347 e. The quantitative estimate of drug-likeness (QED) is 0.662. The van der Waals surface area contributed by atoms with E-state index < -0.39 is 12.1 Å². The third kappa shape index (κ3) is 6.77. The first-order valence-corrected chi connectivity index (χ1v) is 9.22. The molecule has 0 radical (unpaired) electrons. The zero-order valence-corrected chi connectivity index (χ0v) is 16.6. The molecule has 0 saturated carbocycles. The Morgan fingerprint density at radius 3 is 2.44 bits per heavy atom. The van der Waals surface area contributed by atoms with Gasteiger partial charge in [-0.2, -0.15) is 0 Å². The molecular formula is C20H21Cl2NO4. The minimum Gasteiger partial charge on any atom is -0.477 e. The van der Waals surface area contributed by atoms with Gasteiger partial charge in [-0.15, -0.1) is 0 Å². The summed E-state index contributed by atoms with van der Waals surface area (Å²) in [4.78, 5) is 23.9. The Kier molecular flexibility index (Phi) is 7.95. The van der Waals surface area contributed by atoms with Gasteiger partial charge >= 0.3 is 5.97 Å². The number of carbonyl (C=O) groups excluding carboxylic acids is 2. The lowest BCUT2D eigenvalue weighted by atomic mass is 10.0. The van der Waals surface area contributed by atoms with E-state index in [0.29, 0.717) is 17.3 Å². The molecule has 0 unspecified atom stereocenters. The fourth-order valence-electron chi connectivity index (χ4n) is 2.28. The number of ether oxygens (including phenoxy) is 2. The normalized spacial score (nSPS) is 12.7. The van der Waals surface area contributed by atoms with Crippen LogP contribution >= 0.6 is 23.2 Å². The highest BCUT2D eigenvalue weighted by Crippen LogP contribution is 2.28. The highest BCUT2D eigenvalue weighted by atomic mass is 35.5. The van der Waals surface area contributed by atoms with E-state index in [1.54, 1.807) is 12.1 Å². The van der Waals surface area contributed by atoms with E-state index in [9.17, 15) is 9.59 Å². The number of rotatable bonds is 8. The predicted octanol–water partition coefficient (Wildman–Crippen LogP) is 4.22. The Hall–Kier alpha value is -2.24. The van der Waals surface area contributed by atoms with Crippen LogP contribution in [0.25, 0.3) is 0 Å². The van der Waals surface area contributed by atoms with Crippen molar-refractivity contribution in [2.75, 3.05) is 13.2 Å². The van der Waals surface area contributed by atoms with Crippen LogP contribution in [-0.4, -0.2) is 31.1 Å². The summed E-state index contributed by atoms with van der Waals surface area (Å²) < 4.78 is 10.4. The van der Waals surface area contributed by atoms with Crippen molar-refractivity contribution < 1.29 is 19.1 Å². The second-order valence-electron chi connectivity index (χ2n) is 6.06. The molecule has 0 heterocycles. The van der Waals surface area contributed by atoms with Crippen molar-refractivity contribution in [2.24, 2.45) is 0 Å². The molecule has 2 atom stereocenters. The summed E-state index contributed by atoms with van der Waals surface area (Å²) >= 11 is 11.8. The van der Waals surface area contributed by atoms with Crippen molar-refractivity contribution in [2.45, 2.75) is 25.9 Å². The van der Waals surface area contributed by atoms with E-state index >= 15 is 0 Å². The first-order chi connectivity index (χ1) is 12.9. The summed E-state index contributed by atoms with van der Waals surface area (Å²) in [7, 11) is 0. The van der Waals surface area contributed by atoms with Gasteiger partial charge in [0.15, 0.2) is 12.7 Å². The molecule has 27 heavy (non-hydrogen) atoms. The maximum absolute atomic E-state index is 12.0. The molecular weight excluding hydrogens is 389 g/mol. The molecule has 1 amide bonds. The van der Waals surface area contributed by atoms with E-state index in [1.165, 1.54) is 13.0 Å². The average Bonchev–Trinajstić information content (AvgIpc) is 2.66. The topological polar surface area (TPSA) is 64.6 Å². The zero-order valence-electron chi connectivity index (χ0n) is 15.1. The van der Waals surface area contributed by atoms with Gasteiger partial charge in [0.1, 0.15) is 5.75 Å². The molecule has 0 bridgehead atoms. The lowest BCUT2D eigenvalue weighted by Gasteiger charge is -2.16. The average molecular weight is 410 g/mol. The van der Waals surface area contributed by atoms with Crippen LogP contribution in [0.3, 0.4) is 0 Å². The molecule has 2 aromatic carbocycles. The summed E-state index contributed by atoms with van der Waals surface area (Å²) in [6.07, 6.45) is -0.917. The van der Waals surface area contributed by atoms with Crippen molar-refractivity contribution in [3.8, 4) is 5.75 Å². The number of nitrogens with one attached hydrogen (secondary N) is 1. The van der Waals surface area contributed by atoms with Crippen molar-refractivity contribution in [1.82, 2.24) is 5.32 Å². The largest absolute Gasteiger partial charge is 0.477 e. The molecule has 2 rings (SSSR count). The van der Waals surface area contributed by atoms with Crippen LogP contribution in [0.15, 0.2) is 48.5 Å². The third-order valence-electron chi connectivity index (χ3n) is 3.85. The molecule has 0 aliphatic carbocycles. The maximum Gasteiger partial charge on any atom is 0.347 e. The molecule has 7 heteroatoms. The molecule has 5 nitrogen and oxygen atoms in total. The summed E-state index contributed by atoms with van der Waals surface area (Å²) in [6, 6.07) is 14.5. The molecule has 2 aromatic rings. The Labute approximate surface area is 168 Å². The van der Waals surface area contributed by atoms with Gasteiger partial charge in [0.05, 0.1) is 5.02 Å². The highest BCUT2D eigenvalue weighted by Gasteiger charge is 2.19. The van der Waals surface area contributed by atoms with E-state index in [4.69, 9.17) is 32.7 Å². The first-order valence-electron chi connectivity index (χ1n) is 8.46. The van der Waals surface area contributed by atoms with Gasteiger partial charge < -0.3 is 14.8 Å². The molecule has 0 aliphatic rings. The Balaban J connectivity index is 1.74. The van der Waals surface area contributed by atoms with Gasteiger partial charge in [-0.25, -0.2) is 4.79 Å². The third-order valence-corrected chi connectivity index (χ3v) is 4.38. The summed E-state index contributed by atoms with van der Waals surface area (Å²) in [5.41, 5.74) is 1.12. The van der Waals surface area contributed by atoms with Crippen LogP contribution in [0.5, 0.6) is 5.75 Å². The number of halogens is 2. The van der Waals surface area contributed by atoms with Crippen LogP contribution < -0.4 is 10.1 Å². The molecule has 0 fully saturated rings. The minimum absolute atomic E-state index is 0.153. The van der Waals surface area contributed by atoms with Gasteiger partial charge in [-0.1, -0.05) is 60.5 Å². The number of hydrogen-bond acceptors (Lipinski definition) is 4. The van der Waals surface area contributed by atoms with Crippen molar-refractivity contribution >= 4 is 35.1 Å². The summed E-state index contributed by atoms with van der Waals surface area (Å²) in [6.45, 7) is 3.60.